The molecule has 1 atom stereocenters. The van der Waals surface area contributed by atoms with E-state index in [0.29, 0.717) is 18.3 Å². The van der Waals surface area contributed by atoms with Gasteiger partial charge in [-0.3, -0.25) is 5.32 Å². The van der Waals surface area contributed by atoms with Crippen molar-refractivity contribution in [3.8, 4) is 5.75 Å². The molecule has 2 rings (SSSR count). The second-order valence-corrected chi connectivity index (χ2v) is 6.65. The van der Waals surface area contributed by atoms with Gasteiger partial charge in [0.1, 0.15) is 18.0 Å². The number of ether oxygens (including phenoxy) is 2. The molecule has 3 N–H and O–H groups in total. The molecule has 0 radical (unpaired) electrons. The highest BCUT2D eigenvalue weighted by Crippen LogP contribution is 2.18. The zero-order valence-corrected chi connectivity index (χ0v) is 14.1. The van der Waals surface area contributed by atoms with Gasteiger partial charge in [0.15, 0.2) is 0 Å². The Morgan fingerprint density at radius 1 is 1.39 bits per heavy atom. The van der Waals surface area contributed by atoms with Crippen molar-refractivity contribution < 1.29 is 14.3 Å². The van der Waals surface area contributed by atoms with Crippen LogP contribution >= 0.6 is 0 Å². The highest BCUT2D eigenvalue weighted by molar-refractivity contribution is 5.85. The van der Waals surface area contributed by atoms with Crippen LogP contribution in [-0.4, -0.2) is 44.0 Å². The van der Waals surface area contributed by atoms with E-state index in [0.717, 1.165) is 31.8 Å². The average molecular weight is 321 g/mol. The van der Waals surface area contributed by atoms with E-state index in [2.05, 4.69) is 16.0 Å². The molecule has 0 aliphatic carbocycles. The number of carbonyl (C=O) groups is 1. The van der Waals surface area contributed by atoms with Gasteiger partial charge >= 0.3 is 6.09 Å². The van der Waals surface area contributed by atoms with Gasteiger partial charge < -0.3 is 20.1 Å². The van der Waals surface area contributed by atoms with Crippen LogP contribution in [0.15, 0.2) is 24.3 Å². The van der Waals surface area contributed by atoms with E-state index in [4.69, 9.17) is 9.47 Å². The fourth-order valence-electron chi connectivity index (χ4n) is 2.35. The summed E-state index contributed by atoms with van der Waals surface area (Å²) in [7, 11) is 0. The van der Waals surface area contributed by atoms with Crippen LogP contribution in [0.3, 0.4) is 0 Å². The Hall–Kier alpha value is -1.79. The topological polar surface area (TPSA) is 71.6 Å². The Kier molecular flexibility index (Phi) is 6.24. The van der Waals surface area contributed by atoms with Gasteiger partial charge in [-0.15, -0.1) is 0 Å². The Morgan fingerprint density at radius 2 is 2.22 bits per heavy atom. The predicted molar refractivity (Wildman–Crippen MR) is 91.1 cm³/mol. The first-order valence-corrected chi connectivity index (χ1v) is 8.09. The van der Waals surface area contributed by atoms with Gasteiger partial charge in [0.2, 0.25) is 0 Å². The third kappa shape index (κ3) is 6.88. The number of anilines is 1. The smallest absolute Gasteiger partial charge is 0.412 e. The van der Waals surface area contributed by atoms with Crippen LogP contribution in [0.5, 0.6) is 5.75 Å². The van der Waals surface area contributed by atoms with Crippen molar-refractivity contribution >= 4 is 11.8 Å². The number of carbonyl (C=O) groups excluding carboxylic acids is 1. The monoisotopic (exact) mass is 321 g/mol. The lowest BCUT2D eigenvalue weighted by Gasteiger charge is -2.19. The first-order chi connectivity index (χ1) is 10.9. The summed E-state index contributed by atoms with van der Waals surface area (Å²) in [5.41, 5.74) is 0.142. The van der Waals surface area contributed by atoms with Crippen molar-refractivity contribution in [2.45, 2.75) is 38.8 Å². The van der Waals surface area contributed by atoms with Crippen molar-refractivity contribution in [1.82, 2.24) is 10.6 Å². The lowest BCUT2D eigenvalue weighted by molar-refractivity contribution is 0.0636. The molecule has 1 aliphatic heterocycles. The molecule has 0 bridgehead atoms. The minimum Gasteiger partial charge on any atom is -0.492 e. The molecule has 1 heterocycles. The number of nitrogens with one attached hydrogen (secondary N) is 3. The number of benzene rings is 1. The maximum Gasteiger partial charge on any atom is 0.412 e. The molecule has 0 aromatic heterocycles. The second kappa shape index (κ2) is 8.17. The minimum absolute atomic E-state index is 0.468. The number of hydrogen-bond donors (Lipinski definition) is 3. The van der Waals surface area contributed by atoms with E-state index in [1.165, 1.54) is 0 Å². The van der Waals surface area contributed by atoms with E-state index < -0.39 is 11.7 Å². The molecule has 1 aliphatic rings. The highest BCUT2D eigenvalue weighted by Gasteiger charge is 2.16. The fraction of sp³-hybridized carbons (Fsp3) is 0.588. The molecule has 23 heavy (non-hydrogen) atoms. The molecule has 1 unspecified atom stereocenters. The zero-order valence-electron chi connectivity index (χ0n) is 14.1. The Balaban J connectivity index is 1.74. The molecule has 1 amide bonds. The van der Waals surface area contributed by atoms with Gasteiger partial charge in [0, 0.05) is 30.9 Å². The van der Waals surface area contributed by atoms with Gasteiger partial charge in [-0.05, 0) is 45.9 Å². The van der Waals surface area contributed by atoms with E-state index in [9.17, 15) is 4.79 Å². The molecule has 1 saturated heterocycles. The predicted octanol–water partition coefficient (Wildman–Crippen LogP) is 2.36. The molecule has 6 heteroatoms. The summed E-state index contributed by atoms with van der Waals surface area (Å²) < 4.78 is 10.9. The van der Waals surface area contributed by atoms with Crippen LogP contribution in [0.25, 0.3) is 0 Å². The second-order valence-electron chi connectivity index (χ2n) is 6.65. The van der Waals surface area contributed by atoms with Crippen molar-refractivity contribution in [3.63, 3.8) is 0 Å². The Bertz CT molecular complexity index is 508. The maximum atomic E-state index is 11.8. The lowest BCUT2D eigenvalue weighted by Crippen LogP contribution is -2.34. The molecule has 1 aromatic rings. The summed E-state index contributed by atoms with van der Waals surface area (Å²) >= 11 is 0. The fourth-order valence-corrected chi connectivity index (χ4v) is 2.35. The molecule has 0 saturated carbocycles. The largest absolute Gasteiger partial charge is 0.492 e. The van der Waals surface area contributed by atoms with Gasteiger partial charge in [0.25, 0.3) is 0 Å². The summed E-state index contributed by atoms with van der Waals surface area (Å²) in [4.78, 5) is 11.8. The van der Waals surface area contributed by atoms with Gasteiger partial charge in [-0.25, -0.2) is 4.79 Å². The van der Waals surface area contributed by atoms with Gasteiger partial charge in [-0.1, -0.05) is 6.07 Å². The van der Waals surface area contributed by atoms with Crippen molar-refractivity contribution in [1.29, 1.82) is 0 Å². The van der Waals surface area contributed by atoms with Crippen LogP contribution < -0.4 is 20.7 Å². The van der Waals surface area contributed by atoms with Crippen molar-refractivity contribution in [3.05, 3.63) is 24.3 Å². The summed E-state index contributed by atoms with van der Waals surface area (Å²) in [6.45, 7) is 8.99. The SMILES string of the molecule is CC(C)(C)OC(=O)Nc1cccc(OCCNC2CCNC2)c1. The quantitative estimate of drug-likeness (QED) is 0.702. The number of amides is 1. The van der Waals surface area contributed by atoms with E-state index in [1.54, 1.807) is 12.1 Å². The number of rotatable bonds is 6. The van der Waals surface area contributed by atoms with Crippen LogP contribution in [0.4, 0.5) is 10.5 Å². The Labute approximate surface area is 137 Å². The van der Waals surface area contributed by atoms with Crippen LogP contribution in [0.1, 0.15) is 27.2 Å². The molecule has 128 valence electrons. The lowest BCUT2D eigenvalue weighted by atomic mass is 10.2. The molecule has 1 aromatic carbocycles. The highest BCUT2D eigenvalue weighted by atomic mass is 16.6. The molecule has 0 spiro atoms. The van der Waals surface area contributed by atoms with Gasteiger partial charge in [-0.2, -0.15) is 0 Å². The first-order valence-electron chi connectivity index (χ1n) is 8.09. The van der Waals surface area contributed by atoms with Crippen LogP contribution in [0, 0.1) is 0 Å². The summed E-state index contributed by atoms with van der Waals surface area (Å²) in [6, 6.07) is 7.85. The molecule has 1 fully saturated rings. The molecule has 6 nitrogen and oxygen atoms in total. The van der Waals surface area contributed by atoms with E-state index in [1.807, 2.05) is 32.9 Å². The van der Waals surface area contributed by atoms with Crippen LogP contribution in [0.2, 0.25) is 0 Å². The van der Waals surface area contributed by atoms with E-state index in [-0.39, 0.29) is 0 Å². The number of hydrogen-bond acceptors (Lipinski definition) is 5. The third-order valence-electron chi connectivity index (χ3n) is 3.34. The maximum absolute atomic E-state index is 11.8. The molecular weight excluding hydrogens is 294 g/mol. The first kappa shape index (κ1) is 17.6. The van der Waals surface area contributed by atoms with E-state index >= 15 is 0 Å². The summed E-state index contributed by atoms with van der Waals surface area (Å²) in [6.07, 6.45) is 0.694. The Morgan fingerprint density at radius 3 is 2.91 bits per heavy atom. The normalized spacial score (nSPS) is 17.8. The van der Waals surface area contributed by atoms with Crippen molar-refractivity contribution in [2.75, 3.05) is 31.6 Å². The van der Waals surface area contributed by atoms with Gasteiger partial charge in [0.05, 0.1) is 0 Å². The average Bonchev–Trinajstić information content (AvgIpc) is 2.95. The summed E-state index contributed by atoms with van der Waals surface area (Å²) in [5, 5.41) is 9.47. The van der Waals surface area contributed by atoms with Crippen LogP contribution in [-0.2, 0) is 4.74 Å². The summed E-state index contributed by atoms with van der Waals surface area (Å²) in [5.74, 6) is 0.727. The van der Waals surface area contributed by atoms with Crippen molar-refractivity contribution in [2.24, 2.45) is 0 Å². The zero-order chi connectivity index (χ0) is 16.7. The third-order valence-corrected chi connectivity index (χ3v) is 3.34. The minimum atomic E-state index is -0.515. The molecular formula is C17H27N3O3. The standard InChI is InChI=1S/C17H27N3O3/c1-17(2,3)23-16(21)20-13-5-4-6-15(11-13)22-10-9-19-14-7-8-18-12-14/h4-6,11,14,18-19H,7-10,12H2,1-3H3,(H,20,21).